The molecule has 98 valence electrons. The van der Waals surface area contributed by atoms with Gasteiger partial charge >= 0.3 is 0 Å². The first kappa shape index (κ1) is 10.7. The molecule has 0 aliphatic carbocycles. The van der Waals surface area contributed by atoms with Gasteiger partial charge in [0.2, 0.25) is 11.8 Å². The minimum Gasteiger partial charge on any atom is -0.322 e. The summed E-state index contributed by atoms with van der Waals surface area (Å²) in [5.74, 6) is -2.06. The average Bonchev–Trinajstić information content (AvgIpc) is 2.68. The molecule has 0 saturated carbocycles. The van der Waals surface area contributed by atoms with Crippen LogP contribution in [0.4, 0.5) is 4.39 Å². The van der Waals surface area contributed by atoms with Crippen LogP contribution in [0.5, 0.6) is 0 Å². The van der Waals surface area contributed by atoms with Crippen molar-refractivity contribution in [1.29, 1.82) is 0 Å². The average molecular weight is 263 g/mol. The van der Waals surface area contributed by atoms with Gasteiger partial charge in [-0.05, 0) is 24.1 Å². The van der Waals surface area contributed by atoms with Crippen molar-refractivity contribution in [2.45, 2.75) is 25.4 Å². The van der Waals surface area contributed by atoms with E-state index in [1.54, 1.807) is 0 Å². The van der Waals surface area contributed by atoms with Crippen LogP contribution < -0.4 is 5.32 Å². The fraction of sp³-hybridized carbons (Fsp3) is 0.308. The Morgan fingerprint density at radius 1 is 1.42 bits per heavy atom. The molecule has 1 aromatic rings. The van der Waals surface area contributed by atoms with Gasteiger partial charge in [-0.15, -0.1) is 0 Å². The highest BCUT2D eigenvalue weighted by atomic mass is 19.1. The Balaban J connectivity index is 1.90. The number of carbonyl (C=O) groups is 3. The quantitative estimate of drug-likeness (QED) is 0.754. The van der Waals surface area contributed by atoms with Crippen molar-refractivity contribution in [3.8, 4) is 0 Å². The third-order valence-corrected chi connectivity index (χ3v) is 3.42. The van der Waals surface area contributed by atoms with Gasteiger partial charge in [-0.1, -0.05) is 6.07 Å². The molecule has 1 unspecified atom stereocenters. The van der Waals surface area contributed by atoms with Crippen molar-refractivity contribution in [3.05, 3.63) is 35.1 Å². The minimum absolute atomic E-state index is 0.159. The van der Waals surface area contributed by atoms with Gasteiger partial charge in [-0.25, -0.2) is 4.39 Å². The second kappa shape index (κ2) is 4.15. The number of rotatable bonds is 1. The van der Waals surface area contributed by atoms with Gasteiger partial charge in [0.15, 0.2) is 0 Å². The number of hydrogen-bond donors (Lipinski definition) is 1. The summed E-state index contributed by atoms with van der Waals surface area (Å²) >= 11 is 0. The number of fused-ring (bicyclic) bond motifs is 1. The van der Waals surface area contributed by atoms with Crippen LogP contribution in [-0.2, 0) is 16.1 Å². The molecule has 2 heterocycles. The molecule has 1 saturated heterocycles. The molecule has 0 radical (unpaired) electrons. The lowest BCUT2D eigenvalue weighted by atomic mass is 10.0. The van der Waals surface area contributed by atoms with Crippen molar-refractivity contribution in [2.24, 2.45) is 0 Å². The molecule has 0 spiro atoms. The van der Waals surface area contributed by atoms with Crippen LogP contribution in [0.25, 0.3) is 0 Å². The number of imide groups is 1. The molecule has 0 bridgehead atoms. The van der Waals surface area contributed by atoms with Gasteiger partial charge in [0.1, 0.15) is 11.9 Å². The number of nitrogens with one attached hydrogen (secondary N) is 1. The van der Waals surface area contributed by atoms with Crippen LogP contribution >= 0.6 is 0 Å². The summed E-state index contributed by atoms with van der Waals surface area (Å²) in [6.45, 7) is 0.159. The molecule has 2 aliphatic heterocycles. The number of amides is 3. The highest BCUT2D eigenvalue weighted by molar-refractivity contribution is 6.05. The molecule has 0 aromatic heterocycles. The summed E-state index contributed by atoms with van der Waals surface area (Å²) in [6.07, 6.45) is 0.440. The number of hydrogen-bond acceptors (Lipinski definition) is 3. The Morgan fingerprint density at radius 3 is 2.95 bits per heavy atom. The summed E-state index contributed by atoms with van der Waals surface area (Å²) in [6, 6.07) is 1.34. The maximum Gasteiger partial charge on any atom is 0.255 e. The predicted molar refractivity (Wildman–Crippen MR) is 62.4 cm³/mol. The fourth-order valence-corrected chi connectivity index (χ4v) is 2.47. The Hall–Kier alpha value is -2.24. The van der Waals surface area contributed by atoms with E-state index < -0.39 is 23.7 Å². The summed E-state index contributed by atoms with van der Waals surface area (Å²) in [4.78, 5) is 36.4. The maximum atomic E-state index is 13.4. The minimum atomic E-state index is -0.762. The van der Waals surface area contributed by atoms with Gasteiger partial charge in [0.05, 0.1) is 1.37 Å². The summed E-state index contributed by atoms with van der Waals surface area (Å²) in [5, 5.41) is 2.19. The standard InChI is InChI=1S/C13H11FN2O3/c14-8-2-1-7-6-16(13(19)9(7)5-8)10-3-4-11(17)15-12(10)18/h1-2,5,10H,3-4,6H2,(H,15,17,18)/i2D. The zero-order valence-corrected chi connectivity index (χ0v) is 9.90. The first-order valence-corrected chi connectivity index (χ1v) is 5.91. The monoisotopic (exact) mass is 263 g/mol. The highest BCUT2D eigenvalue weighted by Gasteiger charge is 2.39. The highest BCUT2D eigenvalue weighted by Crippen LogP contribution is 2.27. The van der Waals surface area contributed by atoms with E-state index in [0.717, 1.165) is 6.07 Å². The van der Waals surface area contributed by atoms with E-state index in [1.165, 1.54) is 11.0 Å². The summed E-state index contributed by atoms with van der Waals surface area (Å²) in [7, 11) is 0. The van der Waals surface area contributed by atoms with Gasteiger partial charge in [-0.2, -0.15) is 0 Å². The van der Waals surface area contributed by atoms with Crippen molar-refractivity contribution < 1.29 is 20.1 Å². The van der Waals surface area contributed by atoms with E-state index in [9.17, 15) is 18.8 Å². The molecule has 19 heavy (non-hydrogen) atoms. The molecule has 5 nitrogen and oxygen atoms in total. The molecular weight excluding hydrogens is 251 g/mol. The Kier molecular flexibility index (Phi) is 2.33. The molecule has 1 atom stereocenters. The molecule has 1 N–H and O–H groups in total. The third-order valence-electron chi connectivity index (χ3n) is 3.42. The lowest BCUT2D eigenvalue weighted by Gasteiger charge is -2.29. The van der Waals surface area contributed by atoms with Crippen LogP contribution in [0.3, 0.4) is 0 Å². The predicted octanol–water partition coefficient (Wildman–Crippen LogP) is 0.587. The molecule has 1 fully saturated rings. The topological polar surface area (TPSA) is 66.5 Å². The van der Waals surface area contributed by atoms with E-state index in [0.29, 0.717) is 5.56 Å². The molecule has 3 amide bonds. The lowest BCUT2D eigenvalue weighted by molar-refractivity contribution is -0.136. The van der Waals surface area contributed by atoms with E-state index in [1.807, 2.05) is 0 Å². The lowest BCUT2D eigenvalue weighted by Crippen LogP contribution is -2.52. The molecule has 6 heteroatoms. The van der Waals surface area contributed by atoms with Crippen LogP contribution in [0.2, 0.25) is 0 Å². The Bertz CT molecular complexity index is 647. The number of halogens is 1. The van der Waals surface area contributed by atoms with E-state index in [2.05, 4.69) is 5.32 Å². The zero-order valence-electron chi connectivity index (χ0n) is 10.9. The van der Waals surface area contributed by atoms with Crippen molar-refractivity contribution >= 4 is 17.7 Å². The molecule has 2 aliphatic rings. The van der Waals surface area contributed by atoms with Gasteiger partial charge in [0.25, 0.3) is 5.91 Å². The Morgan fingerprint density at radius 2 is 2.21 bits per heavy atom. The second-order valence-corrected chi connectivity index (χ2v) is 4.62. The van der Waals surface area contributed by atoms with E-state index >= 15 is 0 Å². The number of carbonyl (C=O) groups excluding carboxylic acids is 3. The normalized spacial score (nSPS) is 23.2. The summed E-state index contributed by atoms with van der Waals surface area (Å²) in [5.41, 5.74) is 0.717. The molecular formula is C13H11FN2O3. The van der Waals surface area contributed by atoms with Crippen LogP contribution in [0.1, 0.15) is 30.1 Å². The van der Waals surface area contributed by atoms with Crippen LogP contribution in [0, 0.1) is 5.82 Å². The van der Waals surface area contributed by atoms with E-state index in [4.69, 9.17) is 1.37 Å². The SMILES string of the molecule is [2H]c1cc2c(cc1F)C(=O)N(C1CCC(=O)NC1=O)C2. The fourth-order valence-electron chi connectivity index (χ4n) is 2.47. The first-order chi connectivity index (χ1) is 9.47. The van der Waals surface area contributed by atoms with Gasteiger partial charge in [-0.3, -0.25) is 19.7 Å². The molecule has 3 rings (SSSR count). The van der Waals surface area contributed by atoms with E-state index in [-0.39, 0.29) is 36.9 Å². The smallest absolute Gasteiger partial charge is 0.255 e. The van der Waals surface area contributed by atoms with Crippen LogP contribution in [0.15, 0.2) is 18.2 Å². The van der Waals surface area contributed by atoms with Crippen LogP contribution in [-0.4, -0.2) is 28.7 Å². The van der Waals surface area contributed by atoms with Crippen molar-refractivity contribution in [3.63, 3.8) is 0 Å². The second-order valence-electron chi connectivity index (χ2n) is 4.62. The number of benzene rings is 1. The zero-order chi connectivity index (χ0) is 14.4. The van der Waals surface area contributed by atoms with Crippen molar-refractivity contribution in [1.82, 2.24) is 10.2 Å². The Labute approximate surface area is 109 Å². The van der Waals surface area contributed by atoms with Gasteiger partial charge < -0.3 is 4.90 Å². The largest absolute Gasteiger partial charge is 0.322 e. The number of piperidine rings is 1. The number of nitrogens with zero attached hydrogens (tertiary/aromatic N) is 1. The third kappa shape index (κ3) is 1.89. The first-order valence-electron chi connectivity index (χ1n) is 6.41. The van der Waals surface area contributed by atoms with Crippen molar-refractivity contribution in [2.75, 3.05) is 0 Å². The van der Waals surface area contributed by atoms with Gasteiger partial charge in [0, 0.05) is 18.5 Å². The maximum absolute atomic E-state index is 13.4. The molecule has 1 aromatic carbocycles. The summed E-state index contributed by atoms with van der Waals surface area (Å²) < 4.78 is 20.8.